The summed E-state index contributed by atoms with van der Waals surface area (Å²) in [6, 6.07) is 8.20. The van der Waals surface area contributed by atoms with Crippen LogP contribution < -0.4 is 11.5 Å². The fourth-order valence-electron chi connectivity index (χ4n) is 2.80. The van der Waals surface area contributed by atoms with Crippen LogP contribution in [0.3, 0.4) is 0 Å². The minimum Gasteiger partial charge on any atom is -0.366 e. The summed E-state index contributed by atoms with van der Waals surface area (Å²) in [7, 11) is 0. The van der Waals surface area contributed by atoms with E-state index in [1.165, 1.54) is 24.8 Å². The number of rotatable bonds is 5. The topological polar surface area (TPSA) is 72.3 Å². The highest BCUT2D eigenvalue weighted by Crippen LogP contribution is 2.21. The van der Waals surface area contributed by atoms with E-state index >= 15 is 0 Å². The van der Waals surface area contributed by atoms with Crippen LogP contribution in [0.2, 0.25) is 0 Å². The predicted octanol–water partition coefficient (Wildman–Crippen LogP) is 1.49. The first-order valence-corrected chi connectivity index (χ1v) is 7.03. The molecule has 1 aromatic rings. The van der Waals surface area contributed by atoms with E-state index in [1.807, 2.05) is 12.1 Å². The fourth-order valence-corrected chi connectivity index (χ4v) is 2.80. The maximum absolute atomic E-state index is 11.0. The van der Waals surface area contributed by atoms with Gasteiger partial charge in [0.05, 0.1) is 0 Å². The molecule has 4 heteroatoms. The number of hydrogen-bond donors (Lipinski definition) is 2. The molecule has 1 aromatic carbocycles. The Bertz CT molecular complexity index is 414. The van der Waals surface area contributed by atoms with Crippen LogP contribution in [0.5, 0.6) is 0 Å². The average Bonchev–Trinajstić information content (AvgIpc) is 2.42. The smallest absolute Gasteiger partial charge is 0.248 e. The van der Waals surface area contributed by atoms with Gasteiger partial charge in [-0.05, 0) is 50.0 Å². The molecule has 0 aliphatic carbocycles. The summed E-state index contributed by atoms with van der Waals surface area (Å²) in [6.45, 7) is 2.83. The van der Waals surface area contributed by atoms with Crippen LogP contribution in [0.1, 0.15) is 41.6 Å². The molecule has 104 valence electrons. The SMILES string of the molecule is NCCC1CCCCN1Cc1ccc(C(N)=O)cc1. The Morgan fingerprint density at radius 3 is 2.63 bits per heavy atom. The molecule has 1 saturated heterocycles. The minimum absolute atomic E-state index is 0.370. The monoisotopic (exact) mass is 261 g/mol. The third-order valence-electron chi connectivity index (χ3n) is 3.87. The molecule has 19 heavy (non-hydrogen) atoms. The summed E-state index contributed by atoms with van der Waals surface area (Å²) < 4.78 is 0. The van der Waals surface area contributed by atoms with Crippen LogP contribution in [0, 0.1) is 0 Å². The Labute approximate surface area is 114 Å². The van der Waals surface area contributed by atoms with Gasteiger partial charge < -0.3 is 11.5 Å². The van der Waals surface area contributed by atoms with Crippen LogP contribution in [0.4, 0.5) is 0 Å². The highest BCUT2D eigenvalue weighted by Gasteiger charge is 2.21. The van der Waals surface area contributed by atoms with E-state index in [4.69, 9.17) is 11.5 Å². The number of carbonyl (C=O) groups excluding carboxylic acids is 1. The molecule has 2 rings (SSSR count). The second-order valence-corrected chi connectivity index (χ2v) is 5.26. The Hall–Kier alpha value is -1.39. The van der Waals surface area contributed by atoms with E-state index in [0.717, 1.165) is 26.1 Å². The lowest BCUT2D eigenvalue weighted by atomic mass is 9.98. The first-order chi connectivity index (χ1) is 9.20. The highest BCUT2D eigenvalue weighted by molar-refractivity contribution is 5.92. The summed E-state index contributed by atoms with van der Waals surface area (Å²) in [6.07, 6.45) is 4.89. The normalized spacial score (nSPS) is 20.4. The molecular weight excluding hydrogens is 238 g/mol. The molecule has 0 saturated carbocycles. The van der Waals surface area contributed by atoms with Crippen LogP contribution in [-0.4, -0.2) is 29.9 Å². The number of benzene rings is 1. The lowest BCUT2D eigenvalue weighted by Gasteiger charge is -2.35. The van der Waals surface area contributed by atoms with Crippen molar-refractivity contribution in [1.29, 1.82) is 0 Å². The molecule has 1 aliphatic heterocycles. The number of likely N-dealkylation sites (tertiary alicyclic amines) is 1. The first kappa shape index (κ1) is 14.0. The van der Waals surface area contributed by atoms with E-state index < -0.39 is 0 Å². The second kappa shape index (κ2) is 6.68. The van der Waals surface area contributed by atoms with Gasteiger partial charge in [0.1, 0.15) is 0 Å². The van der Waals surface area contributed by atoms with Crippen LogP contribution in [-0.2, 0) is 6.54 Å². The van der Waals surface area contributed by atoms with Crippen molar-refractivity contribution >= 4 is 5.91 Å². The van der Waals surface area contributed by atoms with Gasteiger partial charge >= 0.3 is 0 Å². The van der Waals surface area contributed by atoms with Crippen LogP contribution in [0.15, 0.2) is 24.3 Å². The number of amides is 1. The average molecular weight is 261 g/mol. The van der Waals surface area contributed by atoms with E-state index in [9.17, 15) is 4.79 Å². The molecule has 0 bridgehead atoms. The standard InChI is InChI=1S/C15H23N3O/c16-9-8-14-3-1-2-10-18(14)11-12-4-6-13(7-5-12)15(17)19/h4-7,14H,1-3,8-11,16H2,(H2,17,19). The van der Waals surface area contributed by atoms with Crippen molar-refractivity contribution in [2.24, 2.45) is 11.5 Å². The van der Waals surface area contributed by atoms with Gasteiger partial charge in [-0.15, -0.1) is 0 Å². The zero-order valence-electron chi connectivity index (χ0n) is 11.3. The van der Waals surface area contributed by atoms with Gasteiger partial charge in [-0.2, -0.15) is 0 Å². The summed E-state index contributed by atoms with van der Waals surface area (Å²) in [5.41, 5.74) is 12.7. The summed E-state index contributed by atoms with van der Waals surface area (Å²) in [5, 5.41) is 0. The van der Waals surface area contributed by atoms with Crippen molar-refractivity contribution in [2.75, 3.05) is 13.1 Å². The number of piperidine rings is 1. The van der Waals surface area contributed by atoms with Gasteiger partial charge in [0, 0.05) is 18.2 Å². The number of carbonyl (C=O) groups is 1. The highest BCUT2D eigenvalue weighted by atomic mass is 16.1. The molecular formula is C15H23N3O. The van der Waals surface area contributed by atoms with Gasteiger partial charge in [-0.25, -0.2) is 0 Å². The van der Waals surface area contributed by atoms with Gasteiger partial charge in [-0.1, -0.05) is 18.6 Å². The fraction of sp³-hybridized carbons (Fsp3) is 0.533. The number of nitrogens with zero attached hydrogens (tertiary/aromatic N) is 1. The van der Waals surface area contributed by atoms with Crippen molar-refractivity contribution in [3.8, 4) is 0 Å². The summed E-state index contributed by atoms with van der Waals surface area (Å²) in [5.74, 6) is -0.370. The van der Waals surface area contributed by atoms with E-state index in [1.54, 1.807) is 12.1 Å². The zero-order valence-corrected chi connectivity index (χ0v) is 11.3. The minimum atomic E-state index is -0.370. The lowest BCUT2D eigenvalue weighted by Crippen LogP contribution is -2.40. The van der Waals surface area contributed by atoms with Gasteiger partial charge in [0.2, 0.25) is 5.91 Å². The Morgan fingerprint density at radius 1 is 1.26 bits per heavy atom. The number of primary amides is 1. The van der Waals surface area contributed by atoms with E-state index in [2.05, 4.69) is 4.90 Å². The maximum Gasteiger partial charge on any atom is 0.248 e. The predicted molar refractivity (Wildman–Crippen MR) is 76.7 cm³/mol. The molecule has 0 radical (unpaired) electrons. The number of hydrogen-bond acceptors (Lipinski definition) is 3. The molecule has 0 spiro atoms. The van der Waals surface area contributed by atoms with Crippen molar-refractivity contribution in [3.05, 3.63) is 35.4 Å². The van der Waals surface area contributed by atoms with Crippen LogP contribution >= 0.6 is 0 Å². The van der Waals surface area contributed by atoms with E-state index in [-0.39, 0.29) is 5.91 Å². The summed E-state index contributed by atoms with van der Waals surface area (Å²) >= 11 is 0. The van der Waals surface area contributed by atoms with Crippen LogP contribution in [0.25, 0.3) is 0 Å². The third-order valence-corrected chi connectivity index (χ3v) is 3.87. The maximum atomic E-state index is 11.0. The van der Waals surface area contributed by atoms with Crippen molar-refractivity contribution < 1.29 is 4.79 Å². The molecule has 1 amide bonds. The Morgan fingerprint density at radius 2 is 2.00 bits per heavy atom. The molecule has 4 nitrogen and oxygen atoms in total. The van der Waals surface area contributed by atoms with Crippen molar-refractivity contribution in [2.45, 2.75) is 38.3 Å². The Balaban J connectivity index is 2.00. The molecule has 1 unspecified atom stereocenters. The molecule has 0 aromatic heterocycles. The summed E-state index contributed by atoms with van der Waals surface area (Å²) in [4.78, 5) is 13.5. The Kier molecular flexibility index (Phi) is 4.93. The lowest BCUT2D eigenvalue weighted by molar-refractivity contribution is 0.1000. The van der Waals surface area contributed by atoms with Gasteiger partial charge in [0.15, 0.2) is 0 Å². The zero-order chi connectivity index (χ0) is 13.7. The van der Waals surface area contributed by atoms with Crippen molar-refractivity contribution in [3.63, 3.8) is 0 Å². The molecule has 1 aliphatic rings. The first-order valence-electron chi connectivity index (χ1n) is 7.03. The van der Waals surface area contributed by atoms with Gasteiger partial charge in [0.25, 0.3) is 0 Å². The van der Waals surface area contributed by atoms with Crippen molar-refractivity contribution in [1.82, 2.24) is 4.90 Å². The molecule has 1 fully saturated rings. The van der Waals surface area contributed by atoms with Gasteiger partial charge in [-0.3, -0.25) is 9.69 Å². The third kappa shape index (κ3) is 3.78. The molecule has 1 atom stereocenters. The molecule has 1 heterocycles. The second-order valence-electron chi connectivity index (χ2n) is 5.26. The number of nitrogens with two attached hydrogens (primary N) is 2. The quantitative estimate of drug-likeness (QED) is 0.843. The van der Waals surface area contributed by atoms with E-state index in [0.29, 0.717) is 11.6 Å². The largest absolute Gasteiger partial charge is 0.366 e. The molecule has 4 N–H and O–H groups in total.